The van der Waals surface area contributed by atoms with Crippen molar-refractivity contribution in [3.63, 3.8) is 0 Å². The predicted molar refractivity (Wildman–Crippen MR) is 115 cm³/mol. The van der Waals surface area contributed by atoms with Gasteiger partial charge in [-0.3, -0.25) is 0 Å². The van der Waals surface area contributed by atoms with Crippen LogP contribution >= 0.6 is 0 Å². The molecule has 0 aliphatic rings. The van der Waals surface area contributed by atoms with Crippen molar-refractivity contribution in [3.05, 3.63) is 84.2 Å². The van der Waals surface area contributed by atoms with Crippen LogP contribution in [-0.2, 0) is 0 Å². The first-order chi connectivity index (χ1) is 14.6. The van der Waals surface area contributed by atoms with E-state index in [0.29, 0.717) is 23.0 Å². The van der Waals surface area contributed by atoms with Gasteiger partial charge < -0.3 is 15.8 Å². The number of nitriles is 1. The van der Waals surface area contributed by atoms with Gasteiger partial charge in [-0.25, -0.2) is 9.97 Å². The molecule has 4 aromatic rings. The number of nitrogens with one attached hydrogen (secondary N) is 1. The summed E-state index contributed by atoms with van der Waals surface area (Å²) < 4.78 is 5.77. The first kappa shape index (κ1) is 18.9. The molecular formula is C23H18N6O. The molecule has 146 valence electrons. The van der Waals surface area contributed by atoms with Crippen LogP contribution in [0.5, 0.6) is 11.5 Å². The molecule has 7 heteroatoms. The third-order valence-corrected chi connectivity index (χ3v) is 4.30. The Morgan fingerprint density at radius 1 is 0.933 bits per heavy atom. The summed E-state index contributed by atoms with van der Waals surface area (Å²) in [7, 11) is 0. The lowest BCUT2D eigenvalue weighted by molar-refractivity contribution is 0.482. The zero-order chi connectivity index (χ0) is 20.9. The van der Waals surface area contributed by atoms with Crippen molar-refractivity contribution in [1.29, 1.82) is 5.26 Å². The van der Waals surface area contributed by atoms with E-state index in [0.717, 1.165) is 16.9 Å². The van der Waals surface area contributed by atoms with Gasteiger partial charge in [0.05, 0.1) is 5.69 Å². The molecule has 2 heterocycles. The monoisotopic (exact) mass is 394 g/mol. The fourth-order valence-corrected chi connectivity index (χ4v) is 2.83. The molecular weight excluding hydrogens is 376 g/mol. The second kappa shape index (κ2) is 8.29. The van der Waals surface area contributed by atoms with Gasteiger partial charge in [-0.15, -0.1) is 0 Å². The summed E-state index contributed by atoms with van der Waals surface area (Å²) in [6, 6.07) is 22.6. The highest BCUT2D eigenvalue weighted by Crippen LogP contribution is 2.26. The van der Waals surface area contributed by atoms with Crippen LogP contribution in [0.2, 0.25) is 0 Å². The Morgan fingerprint density at radius 3 is 2.43 bits per heavy atom. The van der Waals surface area contributed by atoms with Crippen LogP contribution in [0, 0.1) is 18.3 Å². The molecule has 0 atom stereocenters. The molecule has 0 fully saturated rings. The molecule has 2 aromatic heterocycles. The van der Waals surface area contributed by atoms with E-state index in [4.69, 9.17) is 15.7 Å². The Labute approximate surface area is 173 Å². The number of nitrogens with two attached hydrogens (primary N) is 1. The topological polar surface area (TPSA) is 110 Å². The van der Waals surface area contributed by atoms with E-state index < -0.39 is 0 Å². The zero-order valence-corrected chi connectivity index (χ0v) is 16.2. The SMILES string of the molecule is Cc1ccc(-c2cc(Nc3ccc(Oc4ccnc(C#N)c4)cc3)nc(N)n2)cc1. The highest BCUT2D eigenvalue weighted by molar-refractivity contribution is 5.67. The molecule has 0 aliphatic heterocycles. The van der Waals surface area contributed by atoms with E-state index in [1.165, 1.54) is 11.8 Å². The number of aromatic nitrogens is 3. The number of nitrogens with zero attached hydrogens (tertiary/aromatic N) is 4. The third kappa shape index (κ3) is 4.51. The second-order valence-electron chi connectivity index (χ2n) is 6.60. The Morgan fingerprint density at radius 2 is 1.70 bits per heavy atom. The number of hydrogen-bond acceptors (Lipinski definition) is 7. The van der Waals surface area contributed by atoms with Crippen LogP contribution in [0.25, 0.3) is 11.3 Å². The second-order valence-corrected chi connectivity index (χ2v) is 6.60. The van der Waals surface area contributed by atoms with Gasteiger partial charge in [0.15, 0.2) is 0 Å². The Bertz CT molecular complexity index is 1210. The number of nitrogen functional groups attached to an aromatic ring is 1. The smallest absolute Gasteiger partial charge is 0.222 e. The van der Waals surface area contributed by atoms with Crippen LogP contribution in [0.15, 0.2) is 72.9 Å². The average Bonchev–Trinajstić information content (AvgIpc) is 2.75. The van der Waals surface area contributed by atoms with Crippen LogP contribution in [0.3, 0.4) is 0 Å². The van der Waals surface area contributed by atoms with Gasteiger partial charge in [-0.2, -0.15) is 10.2 Å². The average molecular weight is 394 g/mol. The molecule has 0 saturated carbocycles. The molecule has 2 aromatic carbocycles. The number of benzene rings is 2. The largest absolute Gasteiger partial charge is 0.457 e. The maximum Gasteiger partial charge on any atom is 0.222 e. The van der Waals surface area contributed by atoms with Gasteiger partial charge in [0.2, 0.25) is 5.95 Å². The van der Waals surface area contributed by atoms with Crippen molar-refractivity contribution in [2.24, 2.45) is 0 Å². The van der Waals surface area contributed by atoms with E-state index in [-0.39, 0.29) is 5.95 Å². The summed E-state index contributed by atoms with van der Waals surface area (Å²) in [5, 5.41) is 12.2. The summed E-state index contributed by atoms with van der Waals surface area (Å²) in [6.07, 6.45) is 1.54. The van der Waals surface area contributed by atoms with Crippen molar-refractivity contribution in [3.8, 4) is 28.8 Å². The summed E-state index contributed by atoms with van der Waals surface area (Å²) in [5.41, 5.74) is 9.92. The Hall–Kier alpha value is -4.44. The van der Waals surface area contributed by atoms with Gasteiger partial charge in [0.25, 0.3) is 0 Å². The van der Waals surface area contributed by atoms with Crippen LogP contribution in [0.1, 0.15) is 11.3 Å². The molecule has 3 N–H and O–H groups in total. The van der Waals surface area contributed by atoms with E-state index in [2.05, 4.69) is 20.3 Å². The number of aryl methyl sites for hydroxylation is 1. The number of hydrogen-bond donors (Lipinski definition) is 2. The molecule has 30 heavy (non-hydrogen) atoms. The zero-order valence-electron chi connectivity index (χ0n) is 16.2. The third-order valence-electron chi connectivity index (χ3n) is 4.30. The summed E-state index contributed by atoms with van der Waals surface area (Å²) in [6.45, 7) is 2.04. The number of anilines is 3. The first-order valence-corrected chi connectivity index (χ1v) is 9.22. The molecule has 0 radical (unpaired) electrons. The maximum absolute atomic E-state index is 8.93. The highest BCUT2D eigenvalue weighted by Gasteiger charge is 2.06. The van der Waals surface area contributed by atoms with Crippen LogP contribution < -0.4 is 15.8 Å². The lowest BCUT2D eigenvalue weighted by Gasteiger charge is -2.10. The van der Waals surface area contributed by atoms with Gasteiger partial charge in [-0.1, -0.05) is 29.8 Å². The molecule has 0 bridgehead atoms. The van der Waals surface area contributed by atoms with E-state index >= 15 is 0 Å². The lowest BCUT2D eigenvalue weighted by atomic mass is 10.1. The Kier molecular flexibility index (Phi) is 5.22. The van der Waals surface area contributed by atoms with Gasteiger partial charge >= 0.3 is 0 Å². The summed E-state index contributed by atoms with van der Waals surface area (Å²) in [4.78, 5) is 12.5. The lowest BCUT2D eigenvalue weighted by Crippen LogP contribution is -2.01. The van der Waals surface area contributed by atoms with Crippen molar-refractivity contribution in [2.45, 2.75) is 6.92 Å². The quantitative estimate of drug-likeness (QED) is 0.498. The molecule has 0 spiro atoms. The van der Waals surface area contributed by atoms with Crippen molar-refractivity contribution < 1.29 is 4.74 Å². The molecule has 0 saturated heterocycles. The molecule has 0 unspecified atom stereocenters. The number of rotatable bonds is 5. The van der Waals surface area contributed by atoms with Crippen LogP contribution in [0.4, 0.5) is 17.5 Å². The summed E-state index contributed by atoms with van der Waals surface area (Å²) in [5.74, 6) is 1.98. The van der Waals surface area contributed by atoms with Crippen molar-refractivity contribution >= 4 is 17.5 Å². The molecule has 7 nitrogen and oxygen atoms in total. The molecule has 0 amide bonds. The van der Waals surface area contributed by atoms with Crippen molar-refractivity contribution in [2.75, 3.05) is 11.1 Å². The minimum atomic E-state index is 0.196. The van der Waals surface area contributed by atoms with Crippen molar-refractivity contribution in [1.82, 2.24) is 15.0 Å². The minimum absolute atomic E-state index is 0.196. The Balaban J connectivity index is 1.50. The van der Waals surface area contributed by atoms with E-state index in [9.17, 15) is 0 Å². The normalized spacial score (nSPS) is 10.3. The van der Waals surface area contributed by atoms with Gasteiger partial charge in [-0.05, 0) is 37.3 Å². The predicted octanol–water partition coefficient (Wildman–Crippen LogP) is 4.84. The van der Waals surface area contributed by atoms with E-state index in [1.807, 2.05) is 67.6 Å². The summed E-state index contributed by atoms with van der Waals surface area (Å²) >= 11 is 0. The number of ether oxygens (including phenoxy) is 1. The van der Waals surface area contributed by atoms with Gasteiger partial charge in [0, 0.05) is 29.6 Å². The van der Waals surface area contributed by atoms with Gasteiger partial charge in [0.1, 0.15) is 29.1 Å². The molecule has 0 aliphatic carbocycles. The minimum Gasteiger partial charge on any atom is -0.457 e. The highest BCUT2D eigenvalue weighted by atomic mass is 16.5. The first-order valence-electron chi connectivity index (χ1n) is 9.22. The number of pyridine rings is 1. The van der Waals surface area contributed by atoms with E-state index in [1.54, 1.807) is 12.1 Å². The van der Waals surface area contributed by atoms with Crippen LogP contribution in [-0.4, -0.2) is 15.0 Å². The fraction of sp³-hybridized carbons (Fsp3) is 0.0435. The standard InChI is InChI=1S/C23H18N6O/c1-15-2-4-16(5-3-15)21-13-22(29-23(25)28-21)27-17-6-8-19(9-7-17)30-20-10-11-26-18(12-20)14-24/h2-13H,1H3,(H3,25,27,28,29). The maximum atomic E-state index is 8.93. The molecule has 4 rings (SSSR count). The fourth-order valence-electron chi connectivity index (χ4n) is 2.83.